The molecular weight excluding hydrogens is 252 g/mol. The normalized spacial score (nSPS) is 12.0. The molecule has 1 aromatic rings. The van der Waals surface area contributed by atoms with Crippen molar-refractivity contribution in [2.45, 2.75) is 38.6 Å². The van der Waals surface area contributed by atoms with Gasteiger partial charge in [-0.3, -0.25) is 4.79 Å². The number of amides is 1. The molecule has 1 aromatic carbocycles. The molecule has 2 N–H and O–H groups in total. The van der Waals surface area contributed by atoms with Crippen LogP contribution in [0.5, 0.6) is 5.75 Å². The molecule has 0 spiro atoms. The summed E-state index contributed by atoms with van der Waals surface area (Å²) >= 11 is 0. The number of carbonyl (C=O) groups is 1. The van der Waals surface area contributed by atoms with Crippen LogP contribution in [0.2, 0.25) is 0 Å². The predicted molar refractivity (Wildman–Crippen MR) is 81.8 cm³/mol. The van der Waals surface area contributed by atoms with Crippen LogP contribution in [0, 0.1) is 0 Å². The zero-order valence-electron chi connectivity index (χ0n) is 12.8. The molecule has 1 rings (SSSR count). The zero-order valence-corrected chi connectivity index (χ0v) is 12.8. The molecule has 0 aliphatic carbocycles. The second-order valence-electron chi connectivity index (χ2n) is 5.40. The van der Waals surface area contributed by atoms with Crippen LogP contribution in [0.15, 0.2) is 24.3 Å². The molecule has 1 atom stereocenters. The molecule has 4 nitrogen and oxygen atoms in total. The molecule has 0 aliphatic heterocycles. The fraction of sp³-hybridized carbons (Fsp3) is 0.562. The summed E-state index contributed by atoms with van der Waals surface area (Å²) in [6.45, 7) is 2.59. The van der Waals surface area contributed by atoms with Crippen molar-refractivity contribution in [3.8, 4) is 5.75 Å². The lowest BCUT2D eigenvalue weighted by Gasteiger charge is -2.11. The molecular formula is C16H26N2O2. The molecule has 1 amide bonds. The van der Waals surface area contributed by atoms with Gasteiger partial charge in [0.1, 0.15) is 5.75 Å². The highest BCUT2D eigenvalue weighted by atomic mass is 16.5. The van der Waals surface area contributed by atoms with Gasteiger partial charge < -0.3 is 15.4 Å². The Morgan fingerprint density at radius 3 is 2.50 bits per heavy atom. The van der Waals surface area contributed by atoms with E-state index in [1.807, 2.05) is 19.1 Å². The minimum Gasteiger partial charge on any atom is -0.494 e. The third kappa shape index (κ3) is 6.57. The van der Waals surface area contributed by atoms with Gasteiger partial charge in [0.2, 0.25) is 5.91 Å². The molecule has 0 aromatic heterocycles. The minimum absolute atomic E-state index is 0.139. The van der Waals surface area contributed by atoms with Gasteiger partial charge in [-0.25, -0.2) is 0 Å². The van der Waals surface area contributed by atoms with Gasteiger partial charge in [-0.05, 0) is 43.9 Å². The van der Waals surface area contributed by atoms with Crippen LogP contribution in [0.25, 0.3) is 0 Å². The van der Waals surface area contributed by atoms with E-state index in [0.717, 1.165) is 25.0 Å². The summed E-state index contributed by atoms with van der Waals surface area (Å²) in [5, 5.41) is 0. The molecule has 0 saturated carbocycles. The number of rotatable bonds is 8. The molecule has 0 bridgehead atoms. The zero-order chi connectivity index (χ0) is 15.0. The highest BCUT2D eigenvalue weighted by Crippen LogP contribution is 2.14. The maximum atomic E-state index is 11.4. The number of hydrogen-bond acceptors (Lipinski definition) is 3. The fourth-order valence-corrected chi connectivity index (χ4v) is 1.78. The van der Waals surface area contributed by atoms with Crippen LogP contribution in [0.3, 0.4) is 0 Å². The standard InChI is InChI=1S/C16H26N2O2/c1-13(17)6-7-14-8-10-15(11-9-14)20-12-4-5-16(19)18(2)3/h8-11,13H,4-7,12,17H2,1-3H3. The van der Waals surface area contributed by atoms with E-state index in [0.29, 0.717) is 13.0 Å². The van der Waals surface area contributed by atoms with Crippen molar-refractivity contribution in [2.24, 2.45) is 5.73 Å². The van der Waals surface area contributed by atoms with E-state index < -0.39 is 0 Å². The van der Waals surface area contributed by atoms with Gasteiger partial charge in [-0.2, -0.15) is 0 Å². The molecule has 0 radical (unpaired) electrons. The molecule has 4 heteroatoms. The maximum absolute atomic E-state index is 11.4. The summed E-state index contributed by atoms with van der Waals surface area (Å²) in [6.07, 6.45) is 3.26. The summed E-state index contributed by atoms with van der Waals surface area (Å²) in [7, 11) is 3.54. The first-order valence-electron chi connectivity index (χ1n) is 7.16. The number of aryl methyl sites for hydroxylation is 1. The van der Waals surface area contributed by atoms with Crippen molar-refractivity contribution >= 4 is 5.91 Å². The highest BCUT2D eigenvalue weighted by Gasteiger charge is 2.03. The third-order valence-corrected chi connectivity index (χ3v) is 3.11. The Hall–Kier alpha value is -1.55. The second-order valence-corrected chi connectivity index (χ2v) is 5.40. The van der Waals surface area contributed by atoms with Gasteiger partial charge >= 0.3 is 0 Å². The minimum atomic E-state index is 0.139. The van der Waals surface area contributed by atoms with Crippen LogP contribution < -0.4 is 10.5 Å². The Morgan fingerprint density at radius 1 is 1.30 bits per heavy atom. The average molecular weight is 278 g/mol. The quantitative estimate of drug-likeness (QED) is 0.742. The SMILES string of the molecule is CC(N)CCc1ccc(OCCCC(=O)N(C)C)cc1. The Kier molecular flexibility index (Phi) is 7.09. The van der Waals surface area contributed by atoms with Gasteiger partial charge in [0.15, 0.2) is 0 Å². The van der Waals surface area contributed by atoms with E-state index in [-0.39, 0.29) is 11.9 Å². The number of benzene rings is 1. The number of carbonyl (C=O) groups excluding carboxylic acids is 1. The fourth-order valence-electron chi connectivity index (χ4n) is 1.78. The van der Waals surface area contributed by atoms with Gasteiger partial charge in [-0.1, -0.05) is 12.1 Å². The first-order valence-corrected chi connectivity index (χ1v) is 7.16. The second kappa shape index (κ2) is 8.59. The smallest absolute Gasteiger partial charge is 0.222 e. The van der Waals surface area contributed by atoms with E-state index in [1.165, 1.54) is 5.56 Å². The van der Waals surface area contributed by atoms with Crippen molar-refractivity contribution in [3.05, 3.63) is 29.8 Å². The maximum Gasteiger partial charge on any atom is 0.222 e. The van der Waals surface area contributed by atoms with Crippen molar-refractivity contribution < 1.29 is 9.53 Å². The largest absolute Gasteiger partial charge is 0.494 e. The van der Waals surface area contributed by atoms with Crippen LogP contribution in [0.1, 0.15) is 31.7 Å². The number of hydrogen-bond donors (Lipinski definition) is 1. The van der Waals surface area contributed by atoms with Gasteiger partial charge in [-0.15, -0.1) is 0 Å². The van der Waals surface area contributed by atoms with Gasteiger partial charge in [0, 0.05) is 26.6 Å². The van der Waals surface area contributed by atoms with E-state index in [9.17, 15) is 4.79 Å². The molecule has 112 valence electrons. The van der Waals surface area contributed by atoms with Crippen molar-refractivity contribution in [3.63, 3.8) is 0 Å². The van der Waals surface area contributed by atoms with Crippen LogP contribution in [0.4, 0.5) is 0 Å². The summed E-state index contributed by atoms with van der Waals surface area (Å²) in [6, 6.07) is 8.33. The molecule has 0 aliphatic rings. The lowest BCUT2D eigenvalue weighted by atomic mass is 10.1. The molecule has 0 heterocycles. The Balaban J connectivity index is 2.26. The van der Waals surface area contributed by atoms with Gasteiger partial charge in [0.25, 0.3) is 0 Å². The van der Waals surface area contributed by atoms with E-state index in [1.54, 1.807) is 19.0 Å². The third-order valence-electron chi connectivity index (χ3n) is 3.11. The van der Waals surface area contributed by atoms with E-state index in [4.69, 9.17) is 10.5 Å². The van der Waals surface area contributed by atoms with Crippen molar-refractivity contribution in [1.82, 2.24) is 4.90 Å². The van der Waals surface area contributed by atoms with Gasteiger partial charge in [0.05, 0.1) is 6.61 Å². The van der Waals surface area contributed by atoms with Crippen LogP contribution in [-0.4, -0.2) is 37.6 Å². The number of nitrogens with two attached hydrogens (primary N) is 1. The average Bonchev–Trinajstić information content (AvgIpc) is 2.42. The van der Waals surface area contributed by atoms with Crippen LogP contribution in [-0.2, 0) is 11.2 Å². The monoisotopic (exact) mass is 278 g/mol. The molecule has 0 saturated heterocycles. The molecule has 1 unspecified atom stereocenters. The summed E-state index contributed by atoms with van der Waals surface area (Å²) in [5.74, 6) is 0.992. The summed E-state index contributed by atoms with van der Waals surface area (Å²) in [5.41, 5.74) is 7.02. The Bertz CT molecular complexity index is 399. The van der Waals surface area contributed by atoms with Crippen LogP contribution >= 0.6 is 0 Å². The number of nitrogens with zero attached hydrogens (tertiary/aromatic N) is 1. The van der Waals surface area contributed by atoms with Crippen molar-refractivity contribution in [1.29, 1.82) is 0 Å². The van der Waals surface area contributed by atoms with E-state index >= 15 is 0 Å². The molecule has 20 heavy (non-hydrogen) atoms. The first-order chi connectivity index (χ1) is 9.49. The summed E-state index contributed by atoms with van der Waals surface area (Å²) in [4.78, 5) is 13.0. The Labute approximate surface area is 121 Å². The van der Waals surface area contributed by atoms with Crippen molar-refractivity contribution in [2.75, 3.05) is 20.7 Å². The topological polar surface area (TPSA) is 55.6 Å². The lowest BCUT2D eigenvalue weighted by molar-refractivity contribution is -0.128. The molecule has 0 fully saturated rings. The highest BCUT2D eigenvalue weighted by molar-refractivity contribution is 5.75. The lowest BCUT2D eigenvalue weighted by Crippen LogP contribution is -2.21. The predicted octanol–water partition coefficient (Wildman–Crippen LogP) is 2.21. The summed E-state index contributed by atoms with van der Waals surface area (Å²) < 4.78 is 5.62. The first kappa shape index (κ1) is 16.5. The number of ether oxygens (including phenoxy) is 1. The Morgan fingerprint density at radius 2 is 1.95 bits per heavy atom. The van der Waals surface area contributed by atoms with E-state index in [2.05, 4.69) is 12.1 Å².